The number of alkyl halides is 2. The van der Waals surface area contributed by atoms with Gasteiger partial charge in [-0.05, 0) is 106 Å². The maximum absolute atomic E-state index is 14.0. The van der Waals surface area contributed by atoms with Gasteiger partial charge in [0.25, 0.3) is 0 Å². The number of hydrogen-bond acceptors (Lipinski definition) is 1. The van der Waals surface area contributed by atoms with Crippen LogP contribution in [0.25, 0.3) is 0 Å². The van der Waals surface area contributed by atoms with Crippen molar-refractivity contribution in [2.24, 2.45) is 17.8 Å². The van der Waals surface area contributed by atoms with E-state index in [-0.39, 0.29) is 5.75 Å². The fourth-order valence-electron chi connectivity index (χ4n) is 5.72. The molecule has 2 aliphatic rings. The molecule has 1 aromatic carbocycles. The number of ether oxygens (including phenoxy) is 1. The Balaban J connectivity index is 1.32. The van der Waals surface area contributed by atoms with E-state index in [0.29, 0.717) is 5.92 Å². The lowest BCUT2D eigenvalue weighted by Crippen LogP contribution is -2.14. The zero-order valence-corrected chi connectivity index (χ0v) is 19.7. The summed E-state index contributed by atoms with van der Waals surface area (Å²) < 4.78 is 42.9. The molecule has 0 heterocycles. The van der Waals surface area contributed by atoms with Gasteiger partial charge in [-0.25, -0.2) is 4.39 Å². The number of unbranched alkanes of at least 4 members (excludes halogenated alkanes) is 2. The molecule has 0 aliphatic heterocycles. The minimum atomic E-state index is -2.99. The normalized spacial score (nSPS) is 26.7. The zero-order valence-electron chi connectivity index (χ0n) is 19.7. The third-order valence-corrected chi connectivity index (χ3v) is 7.75. The maximum atomic E-state index is 14.0. The van der Waals surface area contributed by atoms with Crippen LogP contribution in [0.3, 0.4) is 0 Å². The Morgan fingerprint density at radius 3 is 2.28 bits per heavy atom. The highest BCUT2D eigenvalue weighted by molar-refractivity contribution is 5.31. The summed E-state index contributed by atoms with van der Waals surface area (Å²) in [6.45, 7) is -0.714. The minimum absolute atomic E-state index is 0.324. The predicted molar refractivity (Wildman–Crippen MR) is 126 cm³/mol. The van der Waals surface area contributed by atoms with Crippen LogP contribution in [-0.4, -0.2) is 6.61 Å². The van der Waals surface area contributed by atoms with E-state index >= 15 is 0 Å². The average Bonchev–Trinajstić information content (AvgIpc) is 2.79. The van der Waals surface area contributed by atoms with Gasteiger partial charge in [0.1, 0.15) is 0 Å². The predicted octanol–water partition coefficient (Wildman–Crippen LogP) is 9.42. The van der Waals surface area contributed by atoms with E-state index in [2.05, 4.69) is 23.8 Å². The van der Waals surface area contributed by atoms with Crippen molar-refractivity contribution >= 4 is 0 Å². The highest BCUT2D eigenvalue weighted by Gasteiger charge is 2.23. The summed E-state index contributed by atoms with van der Waals surface area (Å²) in [5.41, 5.74) is 0.910. The first-order valence-electron chi connectivity index (χ1n) is 13.0. The van der Waals surface area contributed by atoms with Crippen LogP contribution >= 0.6 is 0 Å². The zero-order chi connectivity index (χ0) is 22.8. The van der Waals surface area contributed by atoms with Crippen LogP contribution in [0, 0.1) is 23.6 Å². The quantitative estimate of drug-likeness (QED) is 0.241. The van der Waals surface area contributed by atoms with E-state index in [1.165, 1.54) is 76.3 Å². The Labute approximate surface area is 192 Å². The lowest BCUT2D eigenvalue weighted by atomic mass is 9.77. The molecule has 1 aromatic rings. The van der Waals surface area contributed by atoms with Crippen LogP contribution < -0.4 is 4.74 Å². The number of allylic oxidation sites excluding steroid dienone is 2. The van der Waals surface area contributed by atoms with E-state index in [4.69, 9.17) is 0 Å². The SMILES string of the molecule is CCCCCC1CCC(/C=C/CCC2CCC(c3ccc(OC(F)F)c(F)c3)CC2)CC1. The fourth-order valence-corrected chi connectivity index (χ4v) is 5.72. The molecule has 0 unspecified atom stereocenters. The molecule has 4 heteroatoms. The molecule has 0 aromatic heterocycles. The van der Waals surface area contributed by atoms with Gasteiger partial charge in [0.2, 0.25) is 0 Å². The third-order valence-electron chi connectivity index (χ3n) is 7.75. The van der Waals surface area contributed by atoms with Crippen molar-refractivity contribution in [2.45, 2.75) is 109 Å². The maximum Gasteiger partial charge on any atom is 0.387 e. The second kappa shape index (κ2) is 13.3. The van der Waals surface area contributed by atoms with E-state index in [1.807, 2.05) is 0 Å². The van der Waals surface area contributed by atoms with Gasteiger partial charge < -0.3 is 4.74 Å². The monoisotopic (exact) mass is 450 g/mol. The molecular formula is C28H41F3O. The van der Waals surface area contributed by atoms with Gasteiger partial charge in [-0.2, -0.15) is 8.78 Å². The molecule has 0 atom stereocenters. The standard InChI is InChI=1S/C28H41F3O/c1-2-3-4-7-21-10-12-22(13-11-21)8-5-6-9-23-14-16-24(17-15-23)25-18-19-27(26(29)20-25)32-28(30)31/h5,8,18-24,28H,2-4,6-7,9-17H2,1H3/b8-5+. The Kier molecular flexibility index (Phi) is 10.5. The summed E-state index contributed by atoms with van der Waals surface area (Å²) in [4.78, 5) is 0. The van der Waals surface area contributed by atoms with E-state index in [0.717, 1.165) is 49.0 Å². The summed E-state index contributed by atoms with van der Waals surface area (Å²) >= 11 is 0. The lowest BCUT2D eigenvalue weighted by Gasteiger charge is -2.29. The molecule has 2 aliphatic carbocycles. The van der Waals surface area contributed by atoms with Gasteiger partial charge in [-0.1, -0.05) is 50.8 Å². The second-order valence-corrected chi connectivity index (χ2v) is 10.1. The van der Waals surface area contributed by atoms with Crippen LogP contribution in [0.5, 0.6) is 5.75 Å². The minimum Gasteiger partial charge on any atom is -0.432 e. The van der Waals surface area contributed by atoms with Crippen LogP contribution in [0.2, 0.25) is 0 Å². The molecule has 0 spiro atoms. The topological polar surface area (TPSA) is 9.23 Å². The van der Waals surface area contributed by atoms with Crippen LogP contribution in [-0.2, 0) is 0 Å². The number of benzene rings is 1. The third kappa shape index (κ3) is 8.15. The molecule has 0 N–H and O–H groups in total. The highest BCUT2D eigenvalue weighted by Crippen LogP contribution is 2.39. The first-order chi connectivity index (χ1) is 15.5. The van der Waals surface area contributed by atoms with Crippen molar-refractivity contribution in [3.05, 3.63) is 41.7 Å². The first kappa shape index (κ1) is 25.2. The highest BCUT2D eigenvalue weighted by atomic mass is 19.3. The van der Waals surface area contributed by atoms with Crippen LogP contribution in [0.1, 0.15) is 108 Å². The lowest BCUT2D eigenvalue weighted by molar-refractivity contribution is -0.0522. The molecule has 180 valence electrons. The molecule has 1 nitrogen and oxygen atoms in total. The van der Waals surface area contributed by atoms with Gasteiger partial charge in [0, 0.05) is 0 Å². The number of halogens is 3. The molecular weight excluding hydrogens is 409 g/mol. The summed E-state index contributed by atoms with van der Waals surface area (Å²) in [5.74, 6) is 1.78. The molecule has 0 radical (unpaired) electrons. The number of hydrogen-bond donors (Lipinski definition) is 0. The number of rotatable bonds is 11. The van der Waals surface area contributed by atoms with E-state index in [9.17, 15) is 13.2 Å². The van der Waals surface area contributed by atoms with Crippen LogP contribution in [0.15, 0.2) is 30.4 Å². The van der Waals surface area contributed by atoms with E-state index < -0.39 is 12.4 Å². The summed E-state index contributed by atoms with van der Waals surface area (Å²) in [6.07, 6.45) is 22.9. The van der Waals surface area contributed by atoms with E-state index in [1.54, 1.807) is 6.07 Å². The molecule has 3 rings (SSSR count). The Morgan fingerprint density at radius 1 is 0.938 bits per heavy atom. The first-order valence-corrected chi connectivity index (χ1v) is 13.0. The average molecular weight is 451 g/mol. The van der Waals surface area contributed by atoms with Crippen molar-refractivity contribution < 1.29 is 17.9 Å². The van der Waals surface area contributed by atoms with Crippen LogP contribution in [0.4, 0.5) is 13.2 Å². The van der Waals surface area contributed by atoms with Gasteiger partial charge >= 0.3 is 6.61 Å². The van der Waals surface area contributed by atoms with Gasteiger partial charge in [-0.3, -0.25) is 0 Å². The largest absolute Gasteiger partial charge is 0.432 e. The molecule has 0 amide bonds. The Hall–Kier alpha value is -1.45. The summed E-state index contributed by atoms with van der Waals surface area (Å²) in [7, 11) is 0. The second-order valence-electron chi connectivity index (χ2n) is 10.1. The summed E-state index contributed by atoms with van der Waals surface area (Å²) in [6, 6.07) is 4.46. The molecule has 2 saturated carbocycles. The van der Waals surface area contributed by atoms with Crippen molar-refractivity contribution in [3.63, 3.8) is 0 Å². The van der Waals surface area contributed by atoms with Gasteiger partial charge in [0.05, 0.1) is 0 Å². The molecule has 32 heavy (non-hydrogen) atoms. The molecule has 0 saturated heterocycles. The van der Waals surface area contributed by atoms with Crippen molar-refractivity contribution in [1.29, 1.82) is 0 Å². The molecule has 2 fully saturated rings. The van der Waals surface area contributed by atoms with Crippen molar-refractivity contribution in [1.82, 2.24) is 0 Å². The van der Waals surface area contributed by atoms with Gasteiger partial charge in [0.15, 0.2) is 11.6 Å². The van der Waals surface area contributed by atoms with Gasteiger partial charge in [-0.15, -0.1) is 0 Å². The Morgan fingerprint density at radius 2 is 1.62 bits per heavy atom. The summed E-state index contributed by atoms with van der Waals surface area (Å²) in [5, 5.41) is 0. The Bertz CT molecular complexity index is 686. The smallest absolute Gasteiger partial charge is 0.387 e. The van der Waals surface area contributed by atoms with Crippen molar-refractivity contribution in [3.8, 4) is 5.75 Å². The molecule has 0 bridgehead atoms. The fraction of sp³-hybridized carbons (Fsp3) is 0.714. The van der Waals surface area contributed by atoms with Crippen molar-refractivity contribution in [2.75, 3.05) is 0 Å².